The molecule has 102 valence electrons. The molecule has 2 aromatic rings. The van der Waals surface area contributed by atoms with E-state index in [1.807, 2.05) is 10.6 Å². The number of halogens is 2. The van der Waals surface area contributed by atoms with Crippen molar-refractivity contribution in [1.82, 2.24) is 9.55 Å². The molecule has 2 rings (SSSR count). The van der Waals surface area contributed by atoms with E-state index < -0.39 is 0 Å². The van der Waals surface area contributed by atoms with Gasteiger partial charge in [0.05, 0.1) is 29.9 Å². The third kappa shape index (κ3) is 3.19. The normalized spacial score (nSPS) is 10.9. The van der Waals surface area contributed by atoms with Crippen LogP contribution < -0.4 is 0 Å². The molecule has 0 fully saturated rings. The summed E-state index contributed by atoms with van der Waals surface area (Å²) < 4.78 is 6.84. The van der Waals surface area contributed by atoms with Gasteiger partial charge in [-0.2, -0.15) is 0 Å². The lowest BCUT2D eigenvalue weighted by molar-refractivity contribution is -0.143. The average molecular weight is 301 g/mol. The summed E-state index contributed by atoms with van der Waals surface area (Å²) in [6.45, 7) is 2.68. The summed E-state index contributed by atoms with van der Waals surface area (Å²) in [5.74, 6) is 0.789. The molecular weight excluding hydrogens is 287 g/mol. The number of fused-ring (bicyclic) bond motifs is 1. The molecule has 0 atom stereocenters. The van der Waals surface area contributed by atoms with Crippen LogP contribution in [-0.2, 0) is 22.0 Å². The Hall–Kier alpha value is -1.26. The number of hydrogen-bond acceptors (Lipinski definition) is 3. The number of aromatic nitrogens is 2. The molecule has 0 amide bonds. The Morgan fingerprint density at radius 3 is 2.95 bits per heavy atom. The van der Waals surface area contributed by atoms with Crippen LogP contribution >= 0.6 is 23.2 Å². The van der Waals surface area contributed by atoms with Gasteiger partial charge in [-0.15, -0.1) is 11.6 Å². The summed E-state index contributed by atoms with van der Waals surface area (Å²) in [5, 5.41) is 0.628. The molecule has 0 spiro atoms. The minimum atomic E-state index is -0.223. The number of aryl methyl sites for hydroxylation is 1. The van der Waals surface area contributed by atoms with Crippen molar-refractivity contribution in [2.45, 2.75) is 25.8 Å². The Balaban J connectivity index is 2.27. The van der Waals surface area contributed by atoms with Gasteiger partial charge in [0, 0.05) is 11.6 Å². The smallest absolute Gasteiger partial charge is 0.307 e. The third-order valence-corrected chi connectivity index (χ3v) is 3.23. The van der Waals surface area contributed by atoms with Crippen LogP contribution in [0.4, 0.5) is 0 Å². The fraction of sp³-hybridized carbons (Fsp3) is 0.385. The number of carbonyl (C=O) groups excluding carboxylic acids is 1. The lowest BCUT2D eigenvalue weighted by Gasteiger charge is -2.07. The summed E-state index contributed by atoms with van der Waals surface area (Å²) in [6.07, 6.45) is 0.297. The first-order chi connectivity index (χ1) is 9.15. The van der Waals surface area contributed by atoms with E-state index in [0.29, 0.717) is 24.6 Å². The monoisotopic (exact) mass is 300 g/mol. The molecule has 6 heteroatoms. The lowest BCUT2D eigenvalue weighted by Crippen LogP contribution is -2.10. The van der Waals surface area contributed by atoms with Gasteiger partial charge < -0.3 is 9.30 Å². The van der Waals surface area contributed by atoms with Crippen LogP contribution in [0.15, 0.2) is 18.2 Å². The summed E-state index contributed by atoms with van der Waals surface area (Å²) >= 11 is 11.8. The predicted octanol–water partition coefficient (Wildman–Crippen LogP) is 3.38. The zero-order valence-electron chi connectivity index (χ0n) is 10.5. The van der Waals surface area contributed by atoms with Crippen LogP contribution in [-0.4, -0.2) is 22.1 Å². The molecule has 0 radical (unpaired) electrons. The van der Waals surface area contributed by atoms with Gasteiger partial charge in [-0.05, 0) is 25.1 Å². The van der Waals surface area contributed by atoms with Gasteiger partial charge >= 0.3 is 5.97 Å². The second-order valence-corrected chi connectivity index (χ2v) is 4.71. The zero-order chi connectivity index (χ0) is 13.8. The summed E-state index contributed by atoms with van der Waals surface area (Å²) in [7, 11) is 0. The standard InChI is InChI=1S/C13H14Cl2N2O2/c1-2-19-13(18)5-6-17-11-4-3-9(15)7-10(11)16-12(17)8-14/h3-4,7H,2,5-6,8H2,1H3. The fourth-order valence-electron chi connectivity index (χ4n) is 1.94. The van der Waals surface area contributed by atoms with E-state index in [1.165, 1.54) is 0 Å². The molecule has 19 heavy (non-hydrogen) atoms. The molecule has 1 aromatic carbocycles. The number of hydrogen-bond donors (Lipinski definition) is 0. The largest absolute Gasteiger partial charge is 0.466 e. The van der Waals surface area contributed by atoms with E-state index in [1.54, 1.807) is 19.1 Å². The Morgan fingerprint density at radius 2 is 2.26 bits per heavy atom. The van der Waals surface area contributed by atoms with E-state index in [2.05, 4.69) is 4.98 Å². The van der Waals surface area contributed by atoms with Crippen LogP contribution in [0.5, 0.6) is 0 Å². The summed E-state index contributed by atoms with van der Waals surface area (Å²) in [6, 6.07) is 5.46. The first-order valence-corrected chi connectivity index (χ1v) is 6.93. The van der Waals surface area contributed by atoms with Crippen LogP contribution in [0.25, 0.3) is 11.0 Å². The number of ether oxygens (including phenoxy) is 1. The van der Waals surface area contributed by atoms with E-state index in [9.17, 15) is 4.79 Å². The molecule has 1 aromatic heterocycles. The molecule has 0 aliphatic rings. The van der Waals surface area contributed by atoms with E-state index in [0.717, 1.165) is 16.9 Å². The number of imidazole rings is 1. The van der Waals surface area contributed by atoms with Gasteiger partial charge in [0.1, 0.15) is 5.82 Å². The van der Waals surface area contributed by atoms with Crippen molar-refractivity contribution in [2.75, 3.05) is 6.61 Å². The quantitative estimate of drug-likeness (QED) is 0.628. The molecular formula is C13H14Cl2N2O2. The van der Waals surface area contributed by atoms with Crippen LogP contribution in [0, 0.1) is 0 Å². The molecule has 0 unspecified atom stereocenters. The maximum absolute atomic E-state index is 11.4. The van der Waals surface area contributed by atoms with Crippen molar-refractivity contribution in [3.05, 3.63) is 29.0 Å². The minimum absolute atomic E-state index is 0.223. The van der Waals surface area contributed by atoms with Gasteiger partial charge in [0.15, 0.2) is 0 Å². The molecule has 0 N–H and O–H groups in total. The molecule has 0 bridgehead atoms. The second-order valence-electron chi connectivity index (χ2n) is 4.00. The number of nitrogens with zero attached hydrogens (tertiary/aromatic N) is 2. The highest BCUT2D eigenvalue weighted by Crippen LogP contribution is 2.21. The van der Waals surface area contributed by atoms with Crippen molar-refractivity contribution in [3.8, 4) is 0 Å². The Bertz CT molecular complexity index is 596. The lowest BCUT2D eigenvalue weighted by atomic mass is 10.3. The van der Waals surface area contributed by atoms with Gasteiger partial charge in [-0.1, -0.05) is 11.6 Å². The summed E-state index contributed by atoms with van der Waals surface area (Å²) in [5.41, 5.74) is 1.70. The van der Waals surface area contributed by atoms with Gasteiger partial charge in [-0.3, -0.25) is 4.79 Å². The Labute approximate surface area is 121 Å². The third-order valence-electron chi connectivity index (χ3n) is 2.75. The van der Waals surface area contributed by atoms with Crippen LogP contribution in [0.2, 0.25) is 5.02 Å². The van der Waals surface area contributed by atoms with Gasteiger partial charge in [-0.25, -0.2) is 4.98 Å². The highest BCUT2D eigenvalue weighted by atomic mass is 35.5. The highest BCUT2D eigenvalue weighted by molar-refractivity contribution is 6.31. The predicted molar refractivity (Wildman–Crippen MR) is 75.6 cm³/mol. The maximum atomic E-state index is 11.4. The molecule has 0 saturated carbocycles. The molecule has 0 aliphatic heterocycles. The zero-order valence-corrected chi connectivity index (χ0v) is 12.0. The van der Waals surface area contributed by atoms with Crippen molar-refractivity contribution < 1.29 is 9.53 Å². The Morgan fingerprint density at radius 1 is 1.47 bits per heavy atom. The number of carbonyl (C=O) groups is 1. The fourth-order valence-corrected chi connectivity index (χ4v) is 2.31. The minimum Gasteiger partial charge on any atom is -0.466 e. The summed E-state index contributed by atoms with van der Waals surface area (Å²) in [4.78, 5) is 15.8. The first-order valence-electron chi connectivity index (χ1n) is 6.02. The molecule has 4 nitrogen and oxygen atoms in total. The number of benzene rings is 1. The highest BCUT2D eigenvalue weighted by Gasteiger charge is 2.12. The van der Waals surface area contributed by atoms with Gasteiger partial charge in [0.2, 0.25) is 0 Å². The van der Waals surface area contributed by atoms with Crippen molar-refractivity contribution in [2.24, 2.45) is 0 Å². The first kappa shape index (κ1) is 14.2. The number of esters is 1. The molecule has 0 aliphatic carbocycles. The average Bonchev–Trinajstić information content (AvgIpc) is 2.73. The second kappa shape index (κ2) is 6.26. The topological polar surface area (TPSA) is 44.1 Å². The van der Waals surface area contributed by atoms with Crippen LogP contribution in [0.3, 0.4) is 0 Å². The van der Waals surface area contributed by atoms with Gasteiger partial charge in [0.25, 0.3) is 0 Å². The van der Waals surface area contributed by atoms with Crippen molar-refractivity contribution >= 4 is 40.2 Å². The number of alkyl halides is 1. The van der Waals surface area contributed by atoms with E-state index in [4.69, 9.17) is 27.9 Å². The Kier molecular flexibility index (Phi) is 4.66. The van der Waals surface area contributed by atoms with Crippen LogP contribution in [0.1, 0.15) is 19.2 Å². The molecule has 0 saturated heterocycles. The van der Waals surface area contributed by atoms with E-state index in [-0.39, 0.29) is 11.8 Å². The molecule has 1 heterocycles. The van der Waals surface area contributed by atoms with Crippen molar-refractivity contribution in [1.29, 1.82) is 0 Å². The SMILES string of the molecule is CCOC(=O)CCn1c(CCl)nc2cc(Cl)ccc21. The number of rotatable bonds is 5. The van der Waals surface area contributed by atoms with Crippen molar-refractivity contribution in [3.63, 3.8) is 0 Å². The maximum Gasteiger partial charge on any atom is 0.307 e. The van der Waals surface area contributed by atoms with E-state index >= 15 is 0 Å².